The van der Waals surface area contributed by atoms with Gasteiger partial charge in [-0.3, -0.25) is 14.5 Å². The first-order chi connectivity index (χ1) is 17.7. The Morgan fingerprint density at radius 3 is 2.14 bits per heavy atom. The molecule has 0 saturated carbocycles. The first-order valence-corrected chi connectivity index (χ1v) is 13.0. The summed E-state index contributed by atoms with van der Waals surface area (Å²) in [4.78, 5) is 36.1. The number of carbonyl (C=O) groups excluding carboxylic acids is 2. The van der Waals surface area contributed by atoms with Crippen LogP contribution in [0.3, 0.4) is 0 Å². The molecule has 0 radical (unpaired) electrons. The van der Waals surface area contributed by atoms with Crippen molar-refractivity contribution in [3.63, 3.8) is 0 Å². The smallest absolute Gasteiger partial charge is 0.274 e. The van der Waals surface area contributed by atoms with Crippen LogP contribution in [0.1, 0.15) is 21.0 Å². The van der Waals surface area contributed by atoms with Crippen LogP contribution >= 0.6 is 11.3 Å². The Kier molecular flexibility index (Phi) is 6.08. The standard InChI is InChI=1S/C27H26N6O2S/c34-26(23-15-25(20-7-3-1-4-8-20)33(29-23)21-9-5-2-6-10-21)32-16-22(17-32)30-11-13-31(14-12-30)27(35)24-18-36-19-28-24/h1-10,15,18-19,22H,11-14,16-17H2. The van der Waals surface area contributed by atoms with E-state index in [1.807, 2.05) is 81.2 Å². The quantitative estimate of drug-likeness (QED) is 0.422. The fraction of sp³-hybridized carbons (Fsp3) is 0.259. The van der Waals surface area contributed by atoms with E-state index in [2.05, 4.69) is 9.88 Å². The van der Waals surface area contributed by atoms with Gasteiger partial charge in [0.15, 0.2) is 5.69 Å². The molecule has 0 aliphatic carbocycles. The zero-order chi connectivity index (χ0) is 24.5. The molecule has 36 heavy (non-hydrogen) atoms. The monoisotopic (exact) mass is 498 g/mol. The van der Waals surface area contributed by atoms with Crippen molar-refractivity contribution in [3.05, 3.63) is 89.0 Å². The summed E-state index contributed by atoms with van der Waals surface area (Å²) in [5.41, 5.74) is 5.49. The molecule has 9 heteroatoms. The molecule has 2 fully saturated rings. The van der Waals surface area contributed by atoms with Crippen LogP contribution in [0.25, 0.3) is 16.9 Å². The van der Waals surface area contributed by atoms with E-state index in [0.29, 0.717) is 43.6 Å². The van der Waals surface area contributed by atoms with E-state index < -0.39 is 0 Å². The van der Waals surface area contributed by atoms with Gasteiger partial charge in [-0.05, 0) is 18.2 Å². The molecular formula is C27H26N6O2S. The van der Waals surface area contributed by atoms with E-state index in [1.165, 1.54) is 11.3 Å². The highest BCUT2D eigenvalue weighted by atomic mass is 32.1. The average molecular weight is 499 g/mol. The zero-order valence-electron chi connectivity index (χ0n) is 19.7. The Labute approximate surface area is 213 Å². The third-order valence-electron chi connectivity index (χ3n) is 6.92. The van der Waals surface area contributed by atoms with Gasteiger partial charge in [0.25, 0.3) is 11.8 Å². The van der Waals surface area contributed by atoms with E-state index in [-0.39, 0.29) is 11.8 Å². The summed E-state index contributed by atoms with van der Waals surface area (Å²) in [6.07, 6.45) is 0. The molecule has 2 aliphatic heterocycles. The molecule has 2 aromatic carbocycles. The molecule has 2 amide bonds. The van der Waals surface area contributed by atoms with Gasteiger partial charge in [-0.25, -0.2) is 9.67 Å². The number of thiazole rings is 1. The van der Waals surface area contributed by atoms with Gasteiger partial charge in [-0.1, -0.05) is 48.5 Å². The number of likely N-dealkylation sites (tertiary alicyclic amines) is 1. The third-order valence-corrected chi connectivity index (χ3v) is 7.50. The molecule has 2 aromatic heterocycles. The minimum Gasteiger partial charge on any atom is -0.335 e. The van der Waals surface area contributed by atoms with E-state index in [9.17, 15) is 9.59 Å². The lowest BCUT2D eigenvalue weighted by molar-refractivity contribution is 0.00811. The second-order valence-corrected chi connectivity index (χ2v) is 9.81. The van der Waals surface area contributed by atoms with Gasteiger partial charge in [0.05, 0.1) is 16.9 Å². The zero-order valence-corrected chi connectivity index (χ0v) is 20.6. The van der Waals surface area contributed by atoms with E-state index in [1.54, 1.807) is 10.9 Å². The number of para-hydroxylation sites is 1. The maximum atomic E-state index is 13.3. The number of amides is 2. The van der Waals surface area contributed by atoms with Crippen molar-refractivity contribution < 1.29 is 9.59 Å². The van der Waals surface area contributed by atoms with Crippen molar-refractivity contribution in [1.29, 1.82) is 0 Å². The van der Waals surface area contributed by atoms with E-state index in [4.69, 9.17) is 5.10 Å². The maximum Gasteiger partial charge on any atom is 0.274 e. The molecule has 0 unspecified atom stereocenters. The molecule has 182 valence electrons. The molecule has 0 spiro atoms. The predicted octanol–water partition coefficient (Wildman–Crippen LogP) is 3.28. The second-order valence-electron chi connectivity index (χ2n) is 9.09. The highest BCUT2D eigenvalue weighted by Gasteiger charge is 2.38. The van der Waals surface area contributed by atoms with Crippen molar-refractivity contribution >= 4 is 23.2 Å². The van der Waals surface area contributed by atoms with Crippen LogP contribution in [0, 0.1) is 0 Å². The molecule has 6 rings (SSSR count). The first-order valence-electron chi connectivity index (χ1n) is 12.1. The minimum absolute atomic E-state index is 0.00420. The van der Waals surface area contributed by atoms with Crippen molar-refractivity contribution in [2.75, 3.05) is 39.3 Å². The fourth-order valence-corrected chi connectivity index (χ4v) is 5.38. The van der Waals surface area contributed by atoms with E-state index >= 15 is 0 Å². The van der Waals surface area contributed by atoms with Crippen LogP contribution in [0.4, 0.5) is 0 Å². The molecule has 0 bridgehead atoms. The number of piperazine rings is 1. The number of rotatable bonds is 5. The van der Waals surface area contributed by atoms with Crippen LogP contribution in [0.2, 0.25) is 0 Å². The lowest BCUT2D eigenvalue weighted by Crippen LogP contribution is -2.64. The summed E-state index contributed by atoms with van der Waals surface area (Å²) in [5, 5.41) is 6.51. The summed E-state index contributed by atoms with van der Waals surface area (Å²) in [5.74, 6) is -0.0417. The van der Waals surface area contributed by atoms with Gasteiger partial charge in [-0.15, -0.1) is 11.3 Å². The van der Waals surface area contributed by atoms with Gasteiger partial charge >= 0.3 is 0 Å². The number of aromatic nitrogens is 3. The molecule has 2 aliphatic rings. The molecular weight excluding hydrogens is 472 g/mol. The van der Waals surface area contributed by atoms with Crippen molar-refractivity contribution in [2.45, 2.75) is 6.04 Å². The number of hydrogen-bond donors (Lipinski definition) is 0. The average Bonchev–Trinajstić information content (AvgIpc) is 3.60. The predicted molar refractivity (Wildman–Crippen MR) is 138 cm³/mol. The van der Waals surface area contributed by atoms with Crippen LogP contribution in [0.15, 0.2) is 77.6 Å². The summed E-state index contributed by atoms with van der Waals surface area (Å²) >= 11 is 1.44. The molecule has 4 aromatic rings. The summed E-state index contributed by atoms with van der Waals surface area (Å²) in [7, 11) is 0. The van der Waals surface area contributed by atoms with E-state index in [0.717, 1.165) is 30.0 Å². The van der Waals surface area contributed by atoms with Gasteiger partial charge in [0, 0.05) is 56.3 Å². The maximum absolute atomic E-state index is 13.3. The first kappa shape index (κ1) is 22.6. The summed E-state index contributed by atoms with van der Waals surface area (Å²) in [6.45, 7) is 4.34. The Morgan fingerprint density at radius 1 is 0.806 bits per heavy atom. The Balaban J connectivity index is 1.11. The SMILES string of the molecule is O=C(c1cscn1)N1CCN(C2CN(C(=O)c3cc(-c4ccccc4)n(-c4ccccc4)n3)C2)CC1. The fourth-order valence-electron chi connectivity index (χ4n) is 4.85. The summed E-state index contributed by atoms with van der Waals surface area (Å²) < 4.78 is 1.85. The second kappa shape index (κ2) is 9.67. The molecule has 8 nitrogen and oxygen atoms in total. The largest absolute Gasteiger partial charge is 0.335 e. The highest BCUT2D eigenvalue weighted by Crippen LogP contribution is 2.26. The minimum atomic E-state index is -0.0459. The molecule has 4 heterocycles. The van der Waals surface area contributed by atoms with Crippen molar-refractivity contribution in [3.8, 4) is 16.9 Å². The van der Waals surface area contributed by atoms with Crippen molar-refractivity contribution in [2.24, 2.45) is 0 Å². The Hall–Kier alpha value is -3.82. The third kappa shape index (κ3) is 4.31. The van der Waals surface area contributed by atoms with Crippen LogP contribution in [0.5, 0.6) is 0 Å². The number of carbonyl (C=O) groups is 2. The number of benzene rings is 2. The topological polar surface area (TPSA) is 74.6 Å². The van der Waals surface area contributed by atoms with Crippen LogP contribution in [-0.4, -0.2) is 86.6 Å². The Morgan fingerprint density at radius 2 is 1.47 bits per heavy atom. The number of hydrogen-bond acceptors (Lipinski definition) is 6. The highest BCUT2D eigenvalue weighted by molar-refractivity contribution is 7.07. The molecule has 2 saturated heterocycles. The van der Waals surface area contributed by atoms with Crippen LogP contribution < -0.4 is 0 Å². The normalized spacial score (nSPS) is 16.7. The molecule has 0 atom stereocenters. The number of nitrogens with zero attached hydrogens (tertiary/aromatic N) is 6. The van der Waals surface area contributed by atoms with Gasteiger partial charge in [0.2, 0.25) is 0 Å². The summed E-state index contributed by atoms with van der Waals surface area (Å²) in [6, 6.07) is 22.1. The molecule has 0 N–H and O–H groups in total. The van der Waals surface area contributed by atoms with Gasteiger partial charge < -0.3 is 9.80 Å². The lowest BCUT2D eigenvalue weighted by Gasteiger charge is -2.47. The van der Waals surface area contributed by atoms with Gasteiger partial charge in [-0.2, -0.15) is 5.10 Å². The van der Waals surface area contributed by atoms with Crippen LogP contribution in [-0.2, 0) is 0 Å². The Bertz CT molecular complexity index is 1280. The van der Waals surface area contributed by atoms with Crippen molar-refractivity contribution in [1.82, 2.24) is 29.5 Å². The lowest BCUT2D eigenvalue weighted by atomic mass is 10.0. The van der Waals surface area contributed by atoms with Gasteiger partial charge in [0.1, 0.15) is 5.69 Å².